The van der Waals surface area contributed by atoms with Crippen LogP contribution in [0, 0.1) is 11.8 Å². The van der Waals surface area contributed by atoms with Crippen molar-refractivity contribution in [3.8, 4) is 0 Å². The summed E-state index contributed by atoms with van der Waals surface area (Å²) in [6, 6.07) is 0. The molecule has 0 radical (unpaired) electrons. The van der Waals surface area contributed by atoms with Crippen LogP contribution >= 0.6 is 0 Å². The van der Waals surface area contributed by atoms with Gasteiger partial charge in [0.25, 0.3) is 0 Å². The van der Waals surface area contributed by atoms with Crippen LogP contribution in [0.25, 0.3) is 0 Å². The average Bonchev–Trinajstić information content (AvgIpc) is 2.47. The Balaban J connectivity index is 2.75. The van der Waals surface area contributed by atoms with Gasteiger partial charge < -0.3 is 5.73 Å². The van der Waals surface area contributed by atoms with E-state index in [0.717, 1.165) is 25.9 Å². The minimum atomic E-state index is -4.05. The number of halogens is 3. The molecule has 1 fully saturated rings. The normalized spacial score (nSPS) is 27.6. The van der Waals surface area contributed by atoms with Crippen LogP contribution in [0.5, 0.6) is 0 Å². The summed E-state index contributed by atoms with van der Waals surface area (Å²) in [7, 11) is 0. The van der Waals surface area contributed by atoms with Gasteiger partial charge in [-0.3, -0.25) is 4.90 Å². The fourth-order valence-corrected chi connectivity index (χ4v) is 3.65. The Morgan fingerprint density at radius 2 is 1.67 bits per heavy atom. The molecule has 2 nitrogen and oxygen atoms in total. The smallest absolute Gasteiger partial charge is 0.329 e. The maximum atomic E-state index is 12.9. The standard InChI is InChI=1S/C16H31F3N2/c1-4-13(5-2)11-21(6-3)15(12-20)9-7-14(8-10-15)16(17,18)19/h13-14H,4-12,20H2,1-3H3. The van der Waals surface area contributed by atoms with Crippen LogP contribution in [0.4, 0.5) is 13.2 Å². The predicted molar refractivity (Wildman–Crippen MR) is 81.1 cm³/mol. The van der Waals surface area contributed by atoms with Crippen molar-refractivity contribution in [1.29, 1.82) is 0 Å². The van der Waals surface area contributed by atoms with Crippen molar-refractivity contribution in [3.63, 3.8) is 0 Å². The molecular formula is C16H31F3N2. The number of alkyl halides is 3. The number of hydrogen-bond acceptors (Lipinski definition) is 2. The van der Waals surface area contributed by atoms with Gasteiger partial charge in [-0.2, -0.15) is 13.2 Å². The van der Waals surface area contributed by atoms with Crippen molar-refractivity contribution >= 4 is 0 Å². The molecule has 0 aromatic heterocycles. The van der Waals surface area contributed by atoms with E-state index in [2.05, 4.69) is 25.7 Å². The van der Waals surface area contributed by atoms with E-state index >= 15 is 0 Å². The quantitative estimate of drug-likeness (QED) is 0.764. The van der Waals surface area contributed by atoms with Crippen LogP contribution in [-0.2, 0) is 0 Å². The predicted octanol–water partition coefficient (Wildman–Crippen LogP) is 4.19. The van der Waals surface area contributed by atoms with Gasteiger partial charge >= 0.3 is 6.18 Å². The Hall–Kier alpha value is -0.290. The number of hydrogen-bond donors (Lipinski definition) is 1. The van der Waals surface area contributed by atoms with E-state index in [4.69, 9.17) is 5.73 Å². The molecule has 2 N–H and O–H groups in total. The topological polar surface area (TPSA) is 29.3 Å². The number of nitrogens with zero attached hydrogens (tertiary/aromatic N) is 1. The van der Waals surface area contributed by atoms with E-state index in [1.807, 2.05) is 0 Å². The van der Waals surface area contributed by atoms with Crippen molar-refractivity contribution in [1.82, 2.24) is 4.90 Å². The Labute approximate surface area is 127 Å². The maximum Gasteiger partial charge on any atom is 0.391 e. The highest BCUT2D eigenvalue weighted by Gasteiger charge is 2.47. The highest BCUT2D eigenvalue weighted by atomic mass is 19.4. The molecule has 0 aliphatic heterocycles. The molecule has 0 aromatic carbocycles. The Morgan fingerprint density at radius 3 is 2.00 bits per heavy atom. The lowest BCUT2D eigenvalue weighted by Gasteiger charge is -2.48. The van der Waals surface area contributed by atoms with Crippen molar-refractivity contribution in [2.24, 2.45) is 17.6 Å². The molecule has 0 spiro atoms. The third kappa shape index (κ3) is 4.59. The number of likely N-dealkylation sites (N-methyl/N-ethyl adjacent to an activating group) is 1. The van der Waals surface area contributed by atoms with Gasteiger partial charge in [0.15, 0.2) is 0 Å². The minimum absolute atomic E-state index is 0.222. The fraction of sp³-hybridized carbons (Fsp3) is 1.00. The maximum absolute atomic E-state index is 12.9. The lowest BCUT2D eigenvalue weighted by Crippen LogP contribution is -2.57. The van der Waals surface area contributed by atoms with Crippen LogP contribution in [0.2, 0.25) is 0 Å². The Morgan fingerprint density at radius 1 is 1.14 bits per heavy atom. The molecule has 5 heteroatoms. The van der Waals surface area contributed by atoms with E-state index < -0.39 is 12.1 Å². The van der Waals surface area contributed by atoms with E-state index in [0.29, 0.717) is 25.3 Å². The fourth-order valence-electron chi connectivity index (χ4n) is 3.65. The van der Waals surface area contributed by atoms with Crippen molar-refractivity contribution in [2.45, 2.75) is 71.0 Å². The molecule has 0 atom stereocenters. The summed E-state index contributed by atoms with van der Waals surface area (Å²) >= 11 is 0. The number of nitrogens with two attached hydrogens (primary N) is 1. The molecule has 1 rings (SSSR count). The lowest BCUT2D eigenvalue weighted by molar-refractivity contribution is -0.188. The largest absolute Gasteiger partial charge is 0.391 e. The van der Waals surface area contributed by atoms with E-state index in [1.165, 1.54) is 0 Å². The van der Waals surface area contributed by atoms with Gasteiger partial charge in [0, 0.05) is 18.6 Å². The molecule has 1 aliphatic rings. The van der Waals surface area contributed by atoms with E-state index in [1.54, 1.807) is 0 Å². The monoisotopic (exact) mass is 308 g/mol. The van der Waals surface area contributed by atoms with Gasteiger partial charge in [0.2, 0.25) is 0 Å². The van der Waals surface area contributed by atoms with Crippen molar-refractivity contribution < 1.29 is 13.2 Å². The van der Waals surface area contributed by atoms with Gasteiger partial charge in [0.1, 0.15) is 0 Å². The van der Waals surface area contributed by atoms with Gasteiger partial charge in [-0.15, -0.1) is 0 Å². The van der Waals surface area contributed by atoms with Crippen LogP contribution in [0.15, 0.2) is 0 Å². The van der Waals surface area contributed by atoms with Gasteiger partial charge in [-0.1, -0.05) is 33.6 Å². The van der Waals surface area contributed by atoms with Crippen LogP contribution < -0.4 is 5.73 Å². The van der Waals surface area contributed by atoms with Gasteiger partial charge in [0.05, 0.1) is 5.92 Å². The first-order valence-electron chi connectivity index (χ1n) is 8.34. The van der Waals surface area contributed by atoms with Crippen LogP contribution in [-0.4, -0.2) is 36.2 Å². The van der Waals surface area contributed by atoms with E-state index in [-0.39, 0.29) is 18.4 Å². The zero-order valence-corrected chi connectivity index (χ0v) is 13.7. The summed E-state index contributed by atoms with van der Waals surface area (Å²) in [4.78, 5) is 2.36. The van der Waals surface area contributed by atoms with Crippen molar-refractivity contribution in [2.75, 3.05) is 19.6 Å². The second kappa shape index (κ2) is 7.82. The van der Waals surface area contributed by atoms with Crippen LogP contribution in [0.1, 0.15) is 59.3 Å². The molecule has 126 valence electrons. The minimum Gasteiger partial charge on any atom is -0.329 e. The second-order valence-electron chi connectivity index (χ2n) is 6.47. The Kier molecular flexibility index (Phi) is 6.98. The molecule has 0 aromatic rings. The summed E-state index contributed by atoms with van der Waals surface area (Å²) in [5.74, 6) is -0.530. The second-order valence-corrected chi connectivity index (χ2v) is 6.47. The zero-order valence-electron chi connectivity index (χ0n) is 13.7. The molecule has 0 saturated heterocycles. The highest BCUT2D eigenvalue weighted by molar-refractivity contribution is 4.97. The van der Waals surface area contributed by atoms with E-state index in [9.17, 15) is 13.2 Å². The summed E-state index contributed by atoms with van der Waals surface area (Å²) in [5, 5.41) is 0. The molecule has 21 heavy (non-hydrogen) atoms. The first-order valence-corrected chi connectivity index (χ1v) is 8.34. The highest BCUT2D eigenvalue weighted by Crippen LogP contribution is 2.43. The molecular weight excluding hydrogens is 277 g/mol. The molecule has 0 amide bonds. The molecule has 0 bridgehead atoms. The summed E-state index contributed by atoms with van der Waals surface area (Å²) < 4.78 is 38.6. The molecule has 0 heterocycles. The summed E-state index contributed by atoms with van der Waals surface area (Å²) in [5.41, 5.74) is 5.78. The molecule has 1 saturated carbocycles. The SMILES string of the molecule is CCC(CC)CN(CC)C1(CN)CCC(C(F)(F)F)CC1. The van der Waals surface area contributed by atoms with Gasteiger partial charge in [-0.25, -0.2) is 0 Å². The third-order valence-corrected chi connectivity index (χ3v) is 5.45. The molecule has 1 aliphatic carbocycles. The summed E-state index contributed by atoms with van der Waals surface area (Å²) in [6.45, 7) is 8.73. The average molecular weight is 308 g/mol. The third-order valence-electron chi connectivity index (χ3n) is 5.45. The van der Waals surface area contributed by atoms with Gasteiger partial charge in [-0.05, 0) is 38.1 Å². The zero-order chi connectivity index (χ0) is 16.1. The lowest BCUT2D eigenvalue weighted by atomic mass is 9.74. The number of rotatable bonds is 7. The Bertz CT molecular complexity index is 292. The first kappa shape index (κ1) is 18.8. The van der Waals surface area contributed by atoms with Crippen LogP contribution in [0.3, 0.4) is 0 Å². The molecule has 0 unspecified atom stereocenters. The first-order chi connectivity index (χ1) is 9.82. The van der Waals surface area contributed by atoms with Crippen molar-refractivity contribution in [3.05, 3.63) is 0 Å². The summed E-state index contributed by atoms with van der Waals surface area (Å²) in [6.07, 6.45) is -0.242.